The second-order valence-electron chi connectivity index (χ2n) is 6.88. The molecule has 0 saturated carbocycles. The first-order chi connectivity index (χ1) is 13.7. The van der Waals surface area contributed by atoms with Crippen LogP contribution in [0, 0.1) is 0 Å². The third-order valence-electron chi connectivity index (χ3n) is 4.96. The summed E-state index contributed by atoms with van der Waals surface area (Å²) in [5.74, 6) is 0.855. The third kappa shape index (κ3) is 3.03. The second kappa shape index (κ2) is 6.76. The van der Waals surface area contributed by atoms with Crippen molar-refractivity contribution >= 4 is 28.4 Å². The minimum atomic E-state index is -0.102. The summed E-state index contributed by atoms with van der Waals surface area (Å²) in [6.45, 7) is 1.07. The fraction of sp³-hybridized carbons (Fsp3) is 0.200. The van der Waals surface area contributed by atoms with Gasteiger partial charge in [0.05, 0.1) is 5.52 Å². The van der Waals surface area contributed by atoms with Crippen LogP contribution < -0.4 is 0 Å². The first kappa shape index (κ1) is 16.9. The molecule has 1 unspecified atom stereocenters. The van der Waals surface area contributed by atoms with Crippen LogP contribution in [-0.4, -0.2) is 37.7 Å². The number of carbonyl (C=O) groups is 1. The number of para-hydroxylation sites is 1. The lowest BCUT2D eigenvalue weighted by molar-refractivity contribution is -0.128. The molecule has 0 radical (unpaired) electrons. The fourth-order valence-corrected chi connectivity index (χ4v) is 3.79. The van der Waals surface area contributed by atoms with E-state index in [-0.39, 0.29) is 11.8 Å². The smallest absolute Gasteiger partial charge is 0.279 e. The zero-order valence-corrected chi connectivity index (χ0v) is 15.6. The maximum Gasteiger partial charge on any atom is 0.279 e. The van der Waals surface area contributed by atoms with Crippen LogP contribution in [0.25, 0.3) is 22.5 Å². The van der Waals surface area contributed by atoms with E-state index in [9.17, 15) is 4.79 Å². The van der Waals surface area contributed by atoms with Crippen molar-refractivity contribution < 1.29 is 9.32 Å². The Bertz CT molecular complexity index is 1170. The molecule has 1 fully saturated rings. The number of aromatic amines is 1. The number of hydrogen-bond acceptors (Lipinski definition) is 5. The number of nitrogens with one attached hydrogen (secondary N) is 1. The average molecular weight is 394 g/mol. The minimum absolute atomic E-state index is 0.0709. The van der Waals surface area contributed by atoms with Crippen LogP contribution >= 0.6 is 11.6 Å². The van der Waals surface area contributed by atoms with Gasteiger partial charge in [0.1, 0.15) is 0 Å². The molecule has 1 amide bonds. The van der Waals surface area contributed by atoms with Crippen molar-refractivity contribution in [3.8, 4) is 11.6 Å². The molecule has 1 atom stereocenters. The van der Waals surface area contributed by atoms with E-state index < -0.39 is 0 Å². The van der Waals surface area contributed by atoms with Gasteiger partial charge in [0, 0.05) is 35.8 Å². The number of likely N-dealkylation sites (tertiary alicyclic amines) is 1. The maximum absolute atomic E-state index is 12.4. The molecule has 5 rings (SSSR count). The number of amides is 1. The van der Waals surface area contributed by atoms with Gasteiger partial charge < -0.3 is 9.42 Å². The number of carbonyl (C=O) groups excluding carboxylic acids is 1. The van der Waals surface area contributed by atoms with Crippen molar-refractivity contribution in [2.24, 2.45) is 0 Å². The van der Waals surface area contributed by atoms with Gasteiger partial charge in [-0.2, -0.15) is 10.1 Å². The van der Waals surface area contributed by atoms with Crippen molar-refractivity contribution in [2.45, 2.75) is 18.9 Å². The van der Waals surface area contributed by atoms with E-state index in [0.29, 0.717) is 41.9 Å². The fourth-order valence-electron chi connectivity index (χ4n) is 3.58. The molecule has 28 heavy (non-hydrogen) atoms. The summed E-state index contributed by atoms with van der Waals surface area (Å²) in [4.78, 5) is 18.8. The molecule has 140 valence electrons. The lowest BCUT2D eigenvalue weighted by Crippen LogP contribution is -2.24. The Labute approximate surface area is 165 Å². The van der Waals surface area contributed by atoms with E-state index >= 15 is 0 Å². The summed E-state index contributed by atoms with van der Waals surface area (Å²) in [6.07, 6.45) is 0.362. The molecule has 0 bridgehead atoms. The first-order valence-corrected chi connectivity index (χ1v) is 9.34. The molecule has 1 N–H and O–H groups in total. The Kier molecular flexibility index (Phi) is 4.09. The highest BCUT2D eigenvalue weighted by Gasteiger charge is 2.34. The van der Waals surface area contributed by atoms with Gasteiger partial charge in [-0.25, -0.2) is 0 Å². The van der Waals surface area contributed by atoms with Crippen LogP contribution in [0.4, 0.5) is 0 Å². The molecule has 2 aromatic carbocycles. The highest BCUT2D eigenvalue weighted by Crippen LogP contribution is 2.30. The van der Waals surface area contributed by atoms with Crippen molar-refractivity contribution in [1.29, 1.82) is 0 Å². The van der Waals surface area contributed by atoms with Crippen molar-refractivity contribution in [1.82, 2.24) is 25.2 Å². The van der Waals surface area contributed by atoms with Gasteiger partial charge >= 0.3 is 0 Å². The summed E-state index contributed by atoms with van der Waals surface area (Å²) >= 11 is 6.04. The minimum Gasteiger partial charge on any atom is -0.338 e. The Morgan fingerprint density at radius 3 is 3.00 bits per heavy atom. The molecular weight excluding hydrogens is 378 g/mol. The molecule has 2 aromatic heterocycles. The first-order valence-electron chi connectivity index (χ1n) is 8.96. The largest absolute Gasteiger partial charge is 0.338 e. The molecule has 4 aromatic rings. The summed E-state index contributed by atoms with van der Waals surface area (Å²) in [5, 5.41) is 12.9. The lowest BCUT2D eigenvalue weighted by Gasteiger charge is -2.16. The number of H-pyrrole nitrogens is 1. The monoisotopic (exact) mass is 393 g/mol. The van der Waals surface area contributed by atoms with E-state index in [4.69, 9.17) is 16.1 Å². The molecule has 0 spiro atoms. The van der Waals surface area contributed by atoms with Crippen LogP contribution in [-0.2, 0) is 11.3 Å². The third-order valence-corrected chi connectivity index (χ3v) is 5.19. The average Bonchev–Trinajstić information content (AvgIpc) is 3.40. The van der Waals surface area contributed by atoms with Crippen LogP contribution in [0.5, 0.6) is 0 Å². The van der Waals surface area contributed by atoms with Crippen molar-refractivity contribution in [3.05, 3.63) is 64.9 Å². The molecule has 8 heteroatoms. The summed E-state index contributed by atoms with van der Waals surface area (Å²) < 4.78 is 5.44. The highest BCUT2D eigenvalue weighted by molar-refractivity contribution is 6.30. The van der Waals surface area contributed by atoms with Gasteiger partial charge in [0.25, 0.3) is 5.89 Å². The summed E-state index contributed by atoms with van der Waals surface area (Å²) in [6, 6.07) is 15.3. The van der Waals surface area contributed by atoms with E-state index in [2.05, 4.69) is 20.3 Å². The standard InChI is InChI=1S/C20H16ClN5O2/c21-14-5-3-4-12(8-14)10-26-11-13(9-17(26)27)19-22-20(28-25-19)18-15-6-1-2-7-16(15)23-24-18/h1-8,13H,9-11H2,(H,23,24). The van der Waals surface area contributed by atoms with E-state index in [1.54, 1.807) is 4.90 Å². The van der Waals surface area contributed by atoms with Crippen LogP contribution in [0.1, 0.15) is 23.7 Å². The normalized spacial score (nSPS) is 17.0. The predicted octanol–water partition coefficient (Wildman–Crippen LogP) is 3.78. The maximum atomic E-state index is 12.4. The highest BCUT2D eigenvalue weighted by atomic mass is 35.5. The van der Waals surface area contributed by atoms with Gasteiger partial charge in [0.15, 0.2) is 11.5 Å². The number of hydrogen-bond donors (Lipinski definition) is 1. The van der Waals surface area contributed by atoms with Crippen LogP contribution in [0.15, 0.2) is 53.1 Å². The van der Waals surface area contributed by atoms with Gasteiger partial charge in [-0.15, -0.1) is 0 Å². The number of nitrogens with zero attached hydrogens (tertiary/aromatic N) is 4. The SMILES string of the molecule is O=C1CC(c2noc(-c3n[nH]c4ccccc34)n2)CN1Cc1cccc(Cl)c1. The van der Waals surface area contributed by atoms with Gasteiger partial charge in [-0.3, -0.25) is 9.89 Å². The van der Waals surface area contributed by atoms with Gasteiger partial charge in [0.2, 0.25) is 5.91 Å². The molecule has 1 saturated heterocycles. The Morgan fingerprint density at radius 1 is 1.21 bits per heavy atom. The number of fused-ring (bicyclic) bond motifs is 1. The Balaban J connectivity index is 1.36. The number of aromatic nitrogens is 4. The van der Waals surface area contributed by atoms with Gasteiger partial charge in [-0.1, -0.05) is 47.1 Å². The van der Waals surface area contributed by atoms with Crippen molar-refractivity contribution in [3.63, 3.8) is 0 Å². The number of benzene rings is 2. The van der Waals surface area contributed by atoms with Crippen molar-refractivity contribution in [2.75, 3.05) is 6.54 Å². The molecule has 0 aliphatic carbocycles. The van der Waals surface area contributed by atoms with E-state index in [1.165, 1.54) is 0 Å². The molecule has 1 aliphatic rings. The molecule has 3 heterocycles. The predicted molar refractivity (Wildman–Crippen MR) is 104 cm³/mol. The lowest BCUT2D eigenvalue weighted by atomic mass is 10.1. The van der Waals surface area contributed by atoms with E-state index in [0.717, 1.165) is 16.5 Å². The van der Waals surface area contributed by atoms with Crippen LogP contribution in [0.2, 0.25) is 5.02 Å². The van der Waals surface area contributed by atoms with E-state index in [1.807, 2.05) is 48.5 Å². The quantitative estimate of drug-likeness (QED) is 0.570. The number of rotatable bonds is 4. The molecular formula is C20H16ClN5O2. The van der Waals surface area contributed by atoms with Crippen LogP contribution in [0.3, 0.4) is 0 Å². The summed E-state index contributed by atoms with van der Waals surface area (Å²) in [7, 11) is 0. The molecule has 7 nitrogen and oxygen atoms in total. The Morgan fingerprint density at radius 2 is 2.11 bits per heavy atom. The zero-order chi connectivity index (χ0) is 19.1. The summed E-state index contributed by atoms with van der Waals surface area (Å²) in [5.41, 5.74) is 2.52. The zero-order valence-electron chi connectivity index (χ0n) is 14.8. The number of halogens is 1. The Hall–Kier alpha value is -3.19. The second-order valence-corrected chi connectivity index (χ2v) is 7.32. The molecule has 1 aliphatic heterocycles. The topological polar surface area (TPSA) is 87.9 Å². The van der Waals surface area contributed by atoms with Gasteiger partial charge in [-0.05, 0) is 23.8 Å².